The number of hydrogen-bond donors (Lipinski definition) is 1. The van der Waals surface area contributed by atoms with Gasteiger partial charge in [-0.3, -0.25) is 4.99 Å². The predicted octanol–water partition coefficient (Wildman–Crippen LogP) is 5.45. The van der Waals surface area contributed by atoms with Crippen LogP contribution in [0.1, 0.15) is 62.9 Å². The molecule has 0 amide bonds. The van der Waals surface area contributed by atoms with Crippen LogP contribution in [0.2, 0.25) is 0 Å². The summed E-state index contributed by atoms with van der Waals surface area (Å²) < 4.78 is 7.37. The molecule has 6 nitrogen and oxygen atoms in total. The summed E-state index contributed by atoms with van der Waals surface area (Å²) in [5.74, 6) is 1.54. The highest BCUT2D eigenvalue weighted by molar-refractivity contribution is 5.99. The van der Waals surface area contributed by atoms with Crippen LogP contribution in [0.4, 0.5) is 0 Å². The van der Waals surface area contributed by atoms with Crippen LogP contribution in [-0.4, -0.2) is 41.1 Å². The lowest BCUT2D eigenvalue weighted by atomic mass is 10.1. The highest BCUT2D eigenvalue weighted by Gasteiger charge is 2.15. The van der Waals surface area contributed by atoms with E-state index < -0.39 is 0 Å². The highest BCUT2D eigenvalue weighted by atomic mass is 16.5. The first kappa shape index (κ1) is 23.5. The summed E-state index contributed by atoms with van der Waals surface area (Å²) in [6.07, 6.45) is 3.06. The Morgan fingerprint density at radius 1 is 1.00 bits per heavy atom. The first-order chi connectivity index (χ1) is 15.6. The van der Waals surface area contributed by atoms with Crippen LogP contribution >= 0.6 is 0 Å². The molecule has 0 saturated heterocycles. The maximum Gasteiger partial charge on any atom is 0.338 e. The van der Waals surface area contributed by atoms with Gasteiger partial charge in [0.2, 0.25) is 0 Å². The number of rotatable bonds is 10. The number of carbonyl (C=O) groups is 1. The molecular weight excluding hydrogens is 400 g/mol. The second-order valence-electron chi connectivity index (χ2n) is 7.75. The van der Waals surface area contributed by atoms with Crippen LogP contribution in [0, 0.1) is 0 Å². The Kier molecular flexibility index (Phi) is 8.42. The molecule has 0 aliphatic carbocycles. The SMILES string of the molecule is CCCN=C(NCCC)c1ccc(-c2nc3cc(C(=O)OCC)ccc3n2CCC)cc1. The number of amidine groups is 1. The van der Waals surface area contributed by atoms with E-state index in [4.69, 9.17) is 14.7 Å². The van der Waals surface area contributed by atoms with E-state index in [9.17, 15) is 4.79 Å². The number of carbonyl (C=O) groups excluding carboxylic acids is 1. The van der Waals surface area contributed by atoms with Gasteiger partial charge in [0.15, 0.2) is 0 Å². The monoisotopic (exact) mass is 434 g/mol. The average Bonchev–Trinajstić information content (AvgIpc) is 3.17. The van der Waals surface area contributed by atoms with Gasteiger partial charge in [0.25, 0.3) is 0 Å². The molecule has 2 aromatic carbocycles. The van der Waals surface area contributed by atoms with Gasteiger partial charge in [-0.05, 0) is 44.4 Å². The summed E-state index contributed by atoms with van der Waals surface area (Å²) in [6, 6.07) is 14.0. The van der Waals surface area contributed by atoms with E-state index in [0.717, 1.165) is 72.7 Å². The number of aryl methyl sites for hydroxylation is 1. The van der Waals surface area contributed by atoms with Gasteiger partial charge >= 0.3 is 5.97 Å². The maximum absolute atomic E-state index is 12.2. The van der Waals surface area contributed by atoms with E-state index >= 15 is 0 Å². The minimum absolute atomic E-state index is 0.316. The molecule has 1 aromatic heterocycles. The Bertz CT molecular complexity index is 1070. The molecular formula is C26H34N4O2. The Hall–Kier alpha value is -3.15. The fourth-order valence-corrected chi connectivity index (χ4v) is 3.63. The number of nitrogens with zero attached hydrogens (tertiary/aromatic N) is 3. The van der Waals surface area contributed by atoms with Crippen LogP contribution in [0.5, 0.6) is 0 Å². The van der Waals surface area contributed by atoms with E-state index in [0.29, 0.717) is 12.2 Å². The number of benzene rings is 2. The third-order valence-corrected chi connectivity index (χ3v) is 5.16. The Balaban J connectivity index is 1.98. The summed E-state index contributed by atoms with van der Waals surface area (Å²) in [4.78, 5) is 21.8. The second kappa shape index (κ2) is 11.5. The number of fused-ring (bicyclic) bond motifs is 1. The van der Waals surface area contributed by atoms with Gasteiger partial charge in [0.1, 0.15) is 11.7 Å². The van der Waals surface area contributed by atoms with Crippen molar-refractivity contribution in [3.05, 3.63) is 53.6 Å². The van der Waals surface area contributed by atoms with E-state index in [2.05, 4.69) is 54.9 Å². The van der Waals surface area contributed by atoms with Crippen molar-refractivity contribution < 1.29 is 9.53 Å². The second-order valence-corrected chi connectivity index (χ2v) is 7.75. The Morgan fingerprint density at radius 3 is 2.41 bits per heavy atom. The fraction of sp³-hybridized carbons (Fsp3) is 0.423. The van der Waals surface area contributed by atoms with Crippen molar-refractivity contribution in [3.8, 4) is 11.4 Å². The first-order valence-corrected chi connectivity index (χ1v) is 11.7. The molecule has 6 heteroatoms. The zero-order valence-corrected chi connectivity index (χ0v) is 19.6. The van der Waals surface area contributed by atoms with Crippen molar-refractivity contribution in [2.75, 3.05) is 19.7 Å². The number of ether oxygens (including phenoxy) is 1. The van der Waals surface area contributed by atoms with Crippen LogP contribution in [0.15, 0.2) is 47.5 Å². The standard InChI is InChI=1S/C26H34N4O2/c1-5-15-27-24(28-16-6-2)19-9-11-20(12-10-19)25-29-22-18-21(26(31)32-8-4)13-14-23(22)30(25)17-7-3/h9-14,18H,5-8,15-17H2,1-4H3,(H,27,28). The molecule has 32 heavy (non-hydrogen) atoms. The topological polar surface area (TPSA) is 68.5 Å². The van der Waals surface area contributed by atoms with E-state index in [1.807, 2.05) is 25.1 Å². The van der Waals surface area contributed by atoms with Crippen molar-refractivity contribution in [1.82, 2.24) is 14.9 Å². The molecule has 3 rings (SSSR count). The normalized spacial score (nSPS) is 11.7. The van der Waals surface area contributed by atoms with Crippen molar-refractivity contribution in [3.63, 3.8) is 0 Å². The van der Waals surface area contributed by atoms with Gasteiger partial charge < -0.3 is 14.6 Å². The molecule has 1 heterocycles. The van der Waals surface area contributed by atoms with E-state index in [1.165, 1.54) is 0 Å². The Labute approximate surface area is 190 Å². The molecule has 0 spiro atoms. The summed E-state index contributed by atoms with van der Waals surface area (Å²) in [5.41, 5.74) is 4.48. The van der Waals surface area contributed by atoms with Gasteiger partial charge in [-0.2, -0.15) is 0 Å². The smallest absolute Gasteiger partial charge is 0.338 e. The zero-order valence-electron chi connectivity index (χ0n) is 19.6. The number of aliphatic imine (C=N–C) groups is 1. The fourth-order valence-electron chi connectivity index (χ4n) is 3.63. The summed E-state index contributed by atoms with van der Waals surface area (Å²) >= 11 is 0. The number of nitrogens with one attached hydrogen (secondary N) is 1. The molecule has 1 N–H and O–H groups in total. The minimum atomic E-state index is -0.316. The van der Waals surface area contributed by atoms with Gasteiger partial charge in [0.05, 0.1) is 23.2 Å². The molecule has 0 aliphatic heterocycles. The van der Waals surface area contributed by atoms with Crippen LogP contribution < -0.4 is 5.32 Å². The lowest BCUT2D eigenvalue weighted by molar-refractivity contribution is 0.0526. The van der Waals surface area contributed by atoms with Gasteiger partial charge in [-0.1, -0.05) is 45.0 Å². The molecule has 0 unspecified atom stereocenters. The van der Waals surface area contributed by atoms with E-state index in [-0.39, 0.29) is 5.97 Å². The lowest BCUT2D eigenvalue weighted by Crippen LogP contribution is -2.25. The summed E-state index contributed by atoms with van der Waals surface area (Å²) in [7, 11) is 0. The number of imidazole rings is 1. The third-order valence-electron chi connectivity index (χ3n) is 5.16. The van der Waals surface area contributed by atoms with Crippen molar-refractivity contribution >= 4 is 22.8 Å². The highest BCUT2D eigenvalue weighted by Crippen LogP contribution is 2.27. The summed E-state index contributed by atoms with van der Waals surface area (Å²) in [6.45, 7) is 11.2. The molecule has 0 radical (unpaired) electrons. The molecule has 0 fully saturated rings. The molecule has 0 aliphatic rings. The van der Waals surface area contributed by atoms with Crippen LogP contribution in [0.3, 0.4) is 0 Å². The number of esters is 1. The van der Waals surface area contributed by atoms with Crippen molar-refractivity contribution in [2.45, 2.75) is 53.5 Å². The van der Waals surface area contributed by atoms with Crippen LogP contribution in [-0.2, 0) is 11.3 Å². The summed E-state index contributed by atoms with van der Waals surface area (Å²) in [5, 5.41) is 3.45. The predicted molar refractivity (Wildman–Crippen MR) is 131 cm³/mol. The van der Waals surface area contributed by atoms with Crippen molar-refractivity contribution in [1.29, 1.82) is 0 Å². The molecule has 0 atom stereocenters. The van der Waals surface area contributed by atoms with E-state index in [1.54, 1.807) is 0 Å². The quantitative estimate of drug-likeness (QED) is 0.262. The molecule has 0 bridgehead atoms. The lowest BCUT2D eigenvalue weighted by Gasteiger charge is -2.11. The van der Waals surface area contributed by atoms with Crippen LogP contribution in [0.25, 0.3) is 22.4 Å². The molecule has 0 saturated carbocycles. The largest absolute Gasteiger partial charge is 0.462 e. The molecule has 170 valence electrons. The maximum atomic E-state index is 12.2. The average molecular weight is 435 g/mol. The minimum Gasteiger partial charge on any atom is -0.462 e. The van der Waals surface area contributed by atoms with Crippen molar-refractivity contribution in [2.24, 2.45) is 4.99 Å². The van der Waals surface area contributed by atoms with Gasteiger partial charge in [-0.15, -0.1) is 0 Å². The van der Waals surface area contributed by atoms with Gasteiger partial charge in [0, 0.05) is 30.8 Å². The number of aromatic nitrogens is 2. The third kappa shape index (κ3) is 5.36. The first-order valence-electron chi connectivity index (χ1n) is 11.7. The zero-order chi connectivity index (χ0) is 22.9. The van der Waals surface area contributed by atoms with Gasteiger partial charge in [-0.25, -0.2) is 9.78 Å². The Morgan fingerprint density at radius 2 is 1.75 bits per heavy atom. The number of hydrogen-bond acceptors (Lipinski definition) is 4. The molecule has 3 aromatic rings.